The summed E-state index contributed by atoms with van der Waals surface area (Å²) in [6.07, 6.45) is 0. The van der Waals surface area contributed by atoms with Crippen LogP contribution in [0.25, 0.3) is 5.57 Å². The lowest BCUT2D eigenvalue weighted by molar-refractivity contribution is -0.155. The number of esters is 2. The summed E-state index contributed by atoms with van der Waals surface area (Å²) in [4.78, 5) is 23.4. The number of hydrogen-bond acceptors (Lipinski definition) is 4. The number of hydrogen-bond donors (Lipinski definition) is 0. The van der Waals surface area contributed by atoms with Gasteiger partial charge < -0.3 is 9.47 Å². The van der Waals surface area contributed by atoms with E-state index < -0.39 is 17.9 Å². The van der Waals surface area contributed by atoms with Crippen LogP contribution in [0.3, 0.4) is 0 Å². The Balaban J connectivity index is 3.18. The molecule has 0 aliphatic rings. The second-order valence-electron chi connectivity index (χ2n) is 3.41. The van der Waals surface area contributed by atoms with Crippen molar-refractivity contribution in [2.75, 3.05) is 14.2 Å². The van der Waals surface area contributed by atoms with Crippen molar-refractivity contribution in [1.29, 1.82) is 0 Å². The molecule has 0 aromatic heterocycles. The number of ether oxygens (including phenoxy) is 2. The van der Waals surface area contributed by atoms with E-state index in [2.05, 4.69) is 9.47 Å². The van der Waals surface area contributed by atoms with Crippen molar-refractivity contribution in [2.45, 2.75) is 0 Å². The molecule has 0 unspecified atom stereocenters. The first-order valence-corrected chi connectivity index (χ1v) is 6.41. The molecule has 96 valence electrons. The minimum atomic E-state index is -1.06. The van der Waals surface area contributed by atoms with Crippen molar-refractivity contribution in [3.05, 3.63) is 40.0 Å². The molecule has 5 heteroatoms. The fourth-order valence-corrected chi connectivity index (χ4v) is 2.23. The molecule has 0 saturated heterocycles. The molecule has 0 atom stereocenters. The van der Waals surface area contributed by atoms with Crippen LogP contribution in [-0.4, -0.2) is 26.2 Å². The predicted octanol–water partition coefficient (Wildman–Crippen LogP) is 2.42. The van der Waals surface area contributed by atoms with Gasteiger partial charge in [-0.15, -0.1) is 0 Å². The molecular formula is C13H13IO4. The van der Waals surface area contributed by atoms with E-state index in [4.69, 9.17) is 0 Å². The number of rotatable bonds is 4. The maximum Gasteiger partial charge on any atom is 0.324 e. The minimum absolute atomic E-state index is 0.565. The standard InChI is InChI=1S/C13H13IO4/c1-17-12(15)11(13(16)18-2)10(8-14)9-6-4-3-5-7-9/h3-8,11H,1-2H3/b10-8+. The van der Waals surface area contributed by atoms with Gasteiger partial charge in [-0.2, -0.15) is 0 Å². The fourth-order valence-electron chi connectivity index (χ4n) is 1.51. The fraction of sp³-hybridized carbons (Fsp3) is 0.231. The largest absolute Gasteiger partial charge is 0.468 e. The Morgan fingerprint density at radius 2 is 1.61 bits per heavy atom. The summed E-state index contributed by atoms with van der Waals surface area (Å²) in [5.41, 5.74) is 1.35. The van der Waals surface area contributed by atoms with Gasteiger partial charge in [0.05, 0.1) is 14.2 Å². The predicted molar refractivity (Wildman–Crippen MR) is 76.0 cm³/mol. The van der Waals surface area contributed by atoms with E-state index in [1.54, 1.807) is 4.08 Å². The van der Waals surface area contributed by atoms with Gasteiger partial charge in [-0.05, 0) is 15.2 Å². The zero-order chi connectivity index (χ0) is 13.5. The topological polar surface area (TPSA) is 52.6 Å². The van der Waals surface area contributed by atoms with Crippen LogP contribution < -0.4 is 0 Å². The summed E-state index contributed by atoms with van der Waals surface area (Å²) in [6, 6.07) is 9.18. The lowest BCUT2D eigenvalue weighted by atomic mass is 9.94. The highest BCUT2D eigenvalue weighted by atomic mass is 127. The highest BCUT2D eigenvalue weighted by Gasteiger charge is 2.33. The maximum atomic E-state index is 11.7. The van der Waals surface area contributed by atoms with Gasteiger partial charge in [0.1, 0.15) is 0 Å². The molecule has 0 aliphatic heterocycles. The molecule has 1 aromatic rings. The van der Waals surface area contributed by atoms with E-state index in [0.717, 1.165) is 5.56 Å². The smallest absolute Gasteiger partial charge is 0.324 e. The summed E-state index contributed by atoms with van der Waals surface area (Å²) in [5, 5.41) is 0. The van der Waals surface area contributed by atoms with Gasteiger partial charge in [0.2, 0.25) is 0 Å². The normalized spacial score (nSPS) is 11.2. The van der Waals surface area contributed by atoms with E-state index in [0.29, 0.717) is 5.57 Å². The van der Waals surface area contributed by atoms with Gasteiger partial charge in [0, 0.05) is 0 Å². The summed E-state index contributed by atoms with van der Waals surface area (Å²) in [7, 11) is 2.49. The van der Waals surface area contributed by atoms with Crippen LogP contribution in [0.5, 0.6) is 0 Å². The monoisotopic (exact) mass is 360 g/mol. The Morgan fingerprint density at radius 1 is 1.11 bits per heavy atom. The Labute approximate surface area is 119 Å². The van der Waals surface area contributed by atoms with Crippen molar-refractivity contribution in [2.24, 2.45) is 5.92 Å². The molecule has 0 aliphatic carbocycles. The van der Waals surface area contributed by atoms with Crippen LogP contribution in [0.4, 0.5) is 0 Å². The highest BCUT2D eigenvalue weighted by Crippen LogP contribution is 2.27. The number of methoxy groups -OCH3 is 2. The molecule has 0 heterocycles. The van der Waals surface area contributed by atoms with Crippen LogP contribution >= 0.6 is 22.6 Å². The summed E-state index contributed by atoms with van der Waals surface area (Å²) in [5.74, 6) is -2.32. The summed E-state index contributed by atoms with van der Waals surface area (Å²) in [6.45, 7) is 0. The molecule has 0 radical (unpaired) electrons. The average Bonchev–Trinajstić information content (AvgIpc) is 2.44. The molecule has 0 bridgehead atoms. The molecule has 18 heavy (non-hydrogen) atoms. The number of carbonyl (C=O) groups is 2. The van der Waals surface area contributed by atoms with Crippen LogP contribution in [-0.2, 0) is 19.1 Å². The second kappa shape index (κ2) is 7.15. The van der Waals surface area contributed by atoms with Crippen molar-refractivity contribution in [3.63, 3.8) is 0 Å². The number of carbonyl (C=O) groups excluding carboxylic acids is 2. The summed E-state index contributed by atoms with van der Waals surface area (Å²) >= 11 is 1.99. The lowest BCUT2D eigenvalue weighted by Gasteiger charge is -2.15. The molecular weight excluding hydrogens is 347 g/mol. The van der Waals surface area contributed by atoms with Crippen molar-refractivity contribution in [1.82, 2.24) is 0 Å². The van der Waals surface area contributed by atoms with Crippen LogP contribution in [0.2, 0.25) is 0 Å². The minimum Gasteiger partial charge on any atom is -0.468 e. The lowest BCUT2D eigenvalue weighted by Crippen LogP contribution is -2.27. The maximum absolute atomic E-state index is 11.7. The van der Waals surface area contributed by atoms with Crippen molar-refractivity contribution in [3.8, 4) is 0 Å². The first kappa shape index (κ1) is 14.7. The second-order valence-corrected chi connectivity index (χ2v) is 4.03. The Morgan fingerprint density at radius 3 is 2.00 bits per heavy atom. The van der Waals surface area contributed by atoms with Gasteiger partial charge in [0.15, 0.2) is 5.92 Å². The van der Waals surface area contributed by atoms with E-state index in [1.165, 1.54) is 14.2 Å². The third kappa shape index (κ3) is 3.32. The molecule has 0 spiro atoms. The Bertz CT molecular complexity index is 437. The van der Waals surface area contributed by atoms with E-state index in [-0.39, 0.29) is 0 Å². The van der Waals surface area contributed by atoms with Gasteiger partial charge in [-0.1, -0.05) is 52.9 Å². The molecule has 0 fully saturated rings. The molecule has 0 N–H and O–H groups in total. The van der Waals surface area contributed by atoms with Crippen LogP contribution in [0, 0.1) is 5.92 Å². The highest BCUT2D eigenvalue weighted by molar-refractivity contribution is 14.1. The zero-order valence-corrected chi connectivity index (χ0v) is 12.2. The molecule has 4 nitrogen and oxygen atoms in total. The van der Waals surface area contributed by atoms with Gasteiger partial charge >= 0.3 is 11.9 Å². The molecule has 1 aromatic carbocycles. The van der Waals surface area contributed by atoms with Crippen molar-refractivity contribution < 1.29 is 19.1 Å². The molecule has 1 rings (SSSR count). The van der Waals surface area contributed by atoms with Gasteiger partial charge in [-0.25, -0.2) is 0 Å². The zero-order valence-electron chi connectivity index (χ0n) is 10.1. The summed E-state index contributed by atoms with van der Waals surface area (Å²) < 4.78 is 11.0. The van der Waals surface area contributed by atoms with Crippen LogP contribution in [0.15, 0.2) is 34.4 Å². The molecule has 0 saturated carbocycles. The Kier molecular flexibility index (Phi) is 5.84. The Hall–Kier alpha value is -1.37. The first-order valence-electron chi connectivity index (χ1n) is 5.17. The number of benzene rings is 1. The average molecular weight is 360 g/mol. The van der Waals surface area contributed by atoms with Crippen molar-refractivity contribution >= 4 is 40.1 Å². The number of halogens is 1. The molecule has 0 amide bonds. The van der Waals surface area contributed by atoms with E-state index >= 15 is 0 Å². The van der Waals surface area contributed by atoms with Gasteiger partial charge in [-0.3, -0.25) is 9.59 Å². The quantitative estimate of drug-likeness (QED) is 0.470. The first-order chi connectivity index (χ1) is 8.65. The van der Waals surface area contributed by atoms with E-state index in [1.807, 2.05) is 52.9 Å². The SMILES string of the molecule is COC(=O)C(C(=O)OC)/C(=C/I)c1ccccc1. The van der Waals surface area contributed by atoms with E-state index in [9.17, 15) is 9.59 Å². The van der Waals surface area contributed by atoms with Crippen LogP contribution in [0.1, 0.15) is 5.56 Å². The van der Waals surface area contributed by atoms with Gasteiger partial charge in [0.25, 0.3) is 0 Å². The third-order valence-electron chi connectivity index (χ3n) is 2.41. The third-order valence-corrected chi connectivity index (χ3v) is 3.08.